The number of nitrogens with one attached hydrogen (secondary N) is 1. The zero-order valence-electron chi connectivity index (χ0n) is 12.9. The molecule has 1 aromatic heterocycles. The molecule has 116 valence electrons. The lowest BCUT2D eigenvalue weighted by Crippen LogP contribution is -2.22. The van der Waals surface area contributed by atoms with Crippen molar-refractivity contribution in [1.29, 1.82) is 0 Å². The number of aromatic nitrogens is 1. The Morgan fingerprint density at radius 1 is 1.41 bits per heavy atom. The Balaban J connectivity index is 2.15. The van der Waals surface area contributed by atoms with E-state index in [4.69, 9.17) is 0 Å². The van der Waals surface area contributed by atoms with Crippen LogP contribution in [0.15, 0.2) is 53.7 Å². The second kappa shape index (κ2) is 7.58. The number of hydroxylamine groups is 2. The van der Waals surface area contributed by atoms with E-state index in [9.17, 15) is 5.21 Å². The molecular formula is C18H21BrN2O. The first-order valence-corrected chi connectivity index (χ1v) is 7.99. The molecule has 0 saturated carbocycles. The van der Waals surface area contributed by atoms with Gasteiger partial charge in [-0.15, -0.1) is 0 Å². The van der Waals surface area contributed by atoms with Gasteiger partial charge in [0.15, 0.2) is 0 Å². The normalized spacial score (nSPS) is 13.4. The van der Waals surface area contributed by atoms with Gasteiger partial charge in [-0.05, 0) is 36.6 Å². The van der Waals surface area contributed by atoms with Crippen molar-refractivity contribution in [3.05, 3.63) is 76.1 Å². The van der Waals surface area contributed by atoms with Gasteiger partial charge in [-0.25, -0.2) is 0 Å². The minimum absolute atomic E-state index is 0.0962. The molecule has 0 spiro atoms. The molecule has 1 unspecified atom stereocenters. The van der Waals surface area contributed by atoms with Crippen molar-refractivity contribution in [3.63, 3.8) is 0 Å². The van der Waals surface area contributed by atoms with E-state index in [-0.39, 0.29) is 6.04 Å². The molecule has 0 aliphatic carbocycles. The summed E-state index contributed by atoms with van der Waals surface area (Å²) in [6.07, 6.45) is 5.68. The molecule has 0 saturated heterocycles. The van der Waals surface area contributed by atoms with Crippen molar-refractivity contribution in [2.24, 2.45) is 0 Å². The van der Waals surface area contributed by atoms with E-state index in [0.717, 1.165) is 26.9 Å². The topological polar surface area (TPSA) is 39.3 Å². The minimum atomic E-state index is -0.0962. The van der Waals surface area contributed by atoms with Gasteiger partial charge >= 0.3 is 0 Å². The number of halogens is 1. The molecule has 2 aromatic rings. The molecule has 0 aliphatic rings. The predicted octanol–water partition coefficient (Wildman–Crippen LogP) is 5.20. The Hall–Kier alpha value is -1.62. The zero-order valence-corrected chi connectivity index (χ0v) is 14.5. The van der Waals surface area contributed by atoms with E-state index >= 15 is 0 Å². The van der Waals surface area contributed by atoms with Crippen molar-refractivity contribution >= 4 is 22.0 Å². The first-order valence-electron chi connectivity index (χ1n) is 7.20. The maximum atomic E-state index is 10.4. The van der Waals surface area contributed by atoms with E-state index in [1.54, 1.807) is 6.08 Å². The number of aromatic amines is 1. The van der Waals surface area contributed by atoms with Gasteiger partial charge in [0.2, 0.25) is 0 Å². The van der Waals surface area contributed by atoms with Crippen LogP contribution in [0.1, 0.15) is 35.3 Å². The van der Waals surface area contributed by atoms with Gasteiger partial charge in [-0.1, -0.05) is 58.9 Å². The van der Waals surface area contributed by atoms with Crippen LogP contribution in [-0.2, 0) is 6.54 Å². The lowest BCUT2D eigenvalue weighted by molar-refractivity contribution is -0.132. The third-order valence-corrected chi connectivity index (χ3v) is 4.33. The summed E-state index contributed by atoms with van der Waals surface area (Å²) in [4.78, 5) is 3.25. The number of allylic oxidation sites excluding steroid dienone is 2. The summed E-state index contributed by atoms with van der Waals surface area (Å²) in [5, 5.41) is 11.7. The van der Waals surface area contributed by atoms with Crippen LogP contribution in [-0.4, -0.2) is 15.3 Å². The van der Waals surface area contributed by atoms with E-state index in [1.165, 1.54) is 5.06 Å². The van der Waals surface area contributed by atoms with E-state index in [1.807, 2.05) is 56.5 Å². The lowest BCUT2D eigenvalue weighted by Gasteiger charge is -2.23. The summed E-state index contributed by atoms with van der Waals surface area (Å²) in [6, 6.07) is 9.85. The van der Waals surface area contributed by atoms with Crippen LogP contribution < -0.4 is 0 Å². The average Bonchev–Trinajstić information content (AvgIpc) is 2.88. The van der Waals surface area contributed by atoms with Gasteiger partial charge in [0, 0.05) is 22.9 Å². The number of benzene rings is 1. The first-order chi connectivity index (χ1) is 10.5. The van der Waals surface area contributed by atoms with Gasteiger partial charge in [0.05, 0.1) is 6.04 Å². The SMILES string of the molecule is C=C/C(Br)=C\c1[nH]cc(C(C)N(O)Cc2ccccc2)c1C. The Labute approximate surface area is 140 Å². The third kappa shape index (κ3) is 3.97. The van der Waals surface area contributed by atoms with Crippen LogP contribution >= 0.6 is 15.9 Å². The minimum Gasteiger partial charge on any atom is -0.361 e. The fraction of sp³-hybridized carbons (Fsp3) is 0.222. The molecule has 3 nitrogen and oxygen atoms in total. The molecule has 2 N–H and O–H groups in total. The molecule has 2 rings (SSSR count). The van der Waals surface area contributed by atoms with E-state index in [0.29, 0.717) is 6.54 Å². The van der Waals surface area contributed by atoms with Crippen molar-refractivity contribution in [1.82, 2.24) is 10.0 Å². The third-order valence-electron chi connectivity index (χ3n) is 3.78. The summed E-state index contributed by atoms with van der Waals surface area (Å²) >= 11 is 3.43. The van der Waals surface area contributed by atoms with E-state index in [2.05, 4.69) is 27.5 Å². The van der Waals surface area contributed by atoms with Crippen molar-refractivity contribution in [3.8, 4) is 0 Å². The molecule has 0 fully saturated rings. The largest absolute Gasteiger partial charge is 0.361 e. The molecule has 22 heavy (non-hydrogen) atoms. The average molecular weight is 361 g/mol. The summed E-state index contributed by atoms with van der Waals surface area (Å²) < 4.78 is 0.918. The van der Waals surface area contributed by atoms with Gasteiger partial charge in [0.1, 0.15) is 0 Å². The molecule has 1 atom stereocenters. The molecule has 0 amide bonds. The van der Waals surface area contributed by atoms with Crippen molar-refractivity contribution in [2.45, 2.75) is 26.4 Å². The Morgan fingerprint density at radius 3 is 2.73 bits per heavy atom. The number of hydrogen-bond donors (Lipinski definition) is 2. The fourth-order valence-electron chi connectivity index (χ4n) is 2.38. The van der Waals surface area contributed by atoms with Gasteiger partial charge < -0.3 is 10.2 Å². The first kappa shape index (κ1) is 16.7. The fourth-order valence-corrected chi connectivity index (χ4v) is 2.61. The van der Waals surface area contributed by atoms with Crippen molar-refractivity contribution < 1.29 is 5.21 Å². The highest BCUT2D eigenvalue weighted by Crippen LogP contribution is 2.27. The van der Waals surface area contributed by atoms with Gasteiger partial charge in [-0.2, -0.15) is 5.06 Å². The highest BCUT2D eigenvalue weighted by atomic mass is 79.9. The standard InChI is InChI=1S/C18H21BrN2O/c1-4-16(19)10-18-13(2)17(11-20-18)14(3)21(22)12-15-8-6-5-7-9-15/h4-11,14,20,22H,1,12H2,2-3H3/b16-10+. The Kier molecular flexibility index (Phi) is 5.77. The molecule has 0 bridgehead atoms. The maximum Gasteiger partial charge on any atom is 0.0592 e. The van der Waals surface area contributed by atoms with Crippen LogP contribution in [0, 0.1) is 6.92 Å². The second-order valence-electron chi connectivity index (χ2n) is 5.28. The Bertz CT molecular complexity index is 661. The molecule has 0 radical (unpaired) electrons. The summed E-state index contributed by atoms with van der Waals surface area (Å²) in [5.74, 6) is 0. The number of hydrogen-bond acceptors (Lipinski definition) is 2. The monoisotopic (exact) mass is 360 g/mol. The zero-order chi connectivity index (χ0) is 16.1. The quantitative estimate of drug-likeness (QED) is 0.549. The summed E-state index contributed by atoms with van der Waals surface area (Å²) in [7, 11) is 0. The predicted molar refractivity (Wildman–Crippen MR) is 94.8 cm³/mol. The Morgan fingerprint density at radius 2 is 2.09 bits per heavy atom. The maximum absolute atomic E-state index is 10.4. The van der Waals surface area contributed by atoms with Crippen molar-refractivity contribution in [2.75, 3.05) is 0 Å². The van der Waals surface area contributed by atoms with Gasteiger partial charge in [0.25, 0.3) is 0 Å². The number of H-pyrrole nitrogens is 1. The van der Waals surface area contributed by atoms with Crippen LogP contribution in [0.25, 0.3) is 6.08 Å². The molecule has 1 aromatic carbocycles. The molecular weight excluding hydrogens is 340 g/mol. The highest BCUT2D eigenvalue weighted by Gasteiger charge is 2.18. The van der Waals surface area contributed by atoms with Crippen LogP contribution in [0.5, 0.6) is 0 Å². The van der Waals surface area contributed by atoms with Crippen LogP contribution in [0.2, 0.25) is 0 Å². The summed E-state index contributed by atoms with van der Waals surface area (Å²) in [5.41, 5.74) is 4.30. The lowest BCUT2D eigenvalue weighted by atomic mass is 10.1. The van der Waals surface area contributed by atoms with E-state index < -0.39 is 0 Å². The van der Waals surface area contributed by atoms with Crippen LogP contribution in [0.4, 0.5) is 0 Å². The molecule has 1 heterocycles. The molecule has 0 aliphatic heterocycles. The van der Waals surface area contributed by atoms with Gasteiger partial charge in [-0.3, -0.25) is 0 Å². The second-order valence-corrected chi connectivity index (χ2v) is 6.19. The smallest absolute Gasteiger partial charge is 0.0592 e. The van der Waals surface area contributed by atoms with Crippen LogP contribution in [0.3, 0.4) is 0 Å². The molecule has 4 heteroatoms. The number of rotatable bonds is 6. The number of nitrogens with zero attached hydrogens (tertiary/aromatic N) is 1. The summed E-state index contributed by atoms with van der Waals surface area (Å²) in [6.45, 7) is 8.27. The highest BCUT2D eigenvalue weighted by molar-refractivity contribution is 9.12.